The number of aromatic nitrogens is 3. The first-order chi connectivity index (χ1) is 8.49. The summed E-state index contributed by atoms with van der Waals surface area (Å²) in [6.07, 6.45) is 2.84. The summed E-state index contributed by atoms with van der Waals surface area (Å²) in [6, 6.07) is 0. The molecule has 1 aromatic heterocycles. The van der Waals surface area contributed by atoms with Crippen LogP contribution in [-0.2, 0) is 13.0 Å². The van der Waals surface area contributed by atoms with Crippen molar-refractivity contribution in [3.63, 3.8) is 0 Å². The number of rotatable bonds is 7. The van der Waals surface area contributed by atoms with Crippen molar-refractivity contribution in [2.45, 2.75) is 53.5 Å². The molecule has 0 saturated heterocycles. The summed E-state index contributed by atoms with van der Waals surface area (Å²) in [5, 5.41) is 16.9. The standard InChI is InChI=1S/C13H23N3O2/c1-5-10(6-2)8-16-11(7-9(3)4)12(13(17)18)14-15-16/h9-10H,5-8H2,1-4H3,(H,17,18). The number of carboxylic acid groups (broad SMARTS) is 1. The van der Waals surface area contributed by atoms with Gasteiger partial charge in [-0.25, -0.2) is 9.48 Å². The molecule has 0 aliphatic rings. The van der Waals surface area contributed by atoms with E-state index in [0.29, 0.717) is 18.3 Å². The van der Waals surface area contributed by atoms with Gasteiger partial charge >= 0.3 is 5.97 Å². The third-order valence-corrected chi connectivity index (χ3v) is 3.23. The zero-order valence-electron chi connectivity index (χ0n) is 11.7. The smallest absolute Gasteiger partial charge is 0.358 e. The van der Waals surface area contributed by atoms with Crippen LogP contribution in [-0.4, -0.2) is 26.1 Å². The quantitative estimate of drug-likeness (QED) is 0.811. The second kappa shape index (κ2) is 6.52. The van der Waals surface area contributed by atoms with Gasteiger partial charge in [-0.2, -0.15) is 0 Å². The molecule has 5 nitrogen and oxygen atoms in total. The Kier molecular flexibility index (Phi) is 5.31. The van der Waals surface area contributed by atoms with E-state index in [9.17, 15) is 4.79 Å². The Morgan fingerprint density at radius 3 is 2.39 bits per heavy atom. The van der Waals surface area contributed by atoms with Crippen molar-refractivity contribution < 1.29 is 9.90 Å². The van der Waals surface area contributed by atoms with E-state index in [-0.39, 0.29) is 5.69 Å². The zero-order valence-corrected chi connectivity index (χ0v) is 11.7. The fourth-order valence-corrected chi connectivity index (χ4v) is 2.03. The number of hydrogen-bond acceptors (Lipinski definition) is 3. The summed E-state index contributed by atoms with van der Waals surface area (Å²) >= 11 is 0. The average molecular weight is 253 g/mol. The summed E-state index contributed by atoms with van der Waals surface area (Å²) < 4.78 is 1.78. The van der Waals surface area contributed by atoms with Crippen molar-refractivity contribution in [3.8, 4) is 0 Å². The lowest BCUT2D eigenvalue weighted by atomic mass is 10.0. The van der Waals surface area contributed by atoms with Gasteiger partial charge in [-0.3, -0.25) is 0 Å². The fourth-order valence-electron chi connectivity index (χ4n) is 2.03. The van der Waals surface area contributed by atoms with Crippen LogP contribution in [0.4, 0.5) is 0 Å². The molecule has 102 valence electrons. The monoisotopic (exact) mass is 253 g/mol. The van der Waals surface area contributed by atoms with Crippen molar-refractivity contribution in [1.82, 2.24) is 15.0 Å². The molecule has 1 heterocycles. The van der Waals surface area contributed by atoms with Gasteiger partial charge in [0.2, 0.25) is 0 Å². The summed E-state index contributed by atoms with van der Waals surface area (Å²) in [4.78, 5) is 11.1. The Morgan fingerprint density at radius 1 is 1.33 bits per heavy atom. The highest BCUT2D eigenvalue weighted by Gasteiger charge is 2.20. The van der Waals surface area contributed by atoms with E-state index in [4.69, 9.17) is 5.11 Å². The Morgan fingerprint density at radius 2 is 1.94 bits per heavy atom. The molecule has 0 amide bonds. The number of carboxylic acids is 1. The van der Waals surface area contributed by atoms with E-state index >= 15 is 0 Å². The lowest BCUT2D eigenvalue weighted by Crippen LogP contribution is -2.16. The van der Waals surface area contributed by atoms with Crippen LogP contribution in [0.15, 0.2) is 0 Å². The van der Waals surface area contributed by atoms with Crippen molar-refractivity contribution in [2.75, 3.05) is 0 Å². The first-order valence-electron chi connectivity index (χ1n) is 6.65. The van der Waals surface area contributed by atoms with Gasteiger partial charge in [0, 0.05) is 6.54 Å². The highest BCUT2D eigenvalue weighted by Crippen LogP contribution is 2.16. The highest BCUT2D eigenvalue weighted by atomic mass is 16.4. The third-order valence-electron chi connectivity index (χ3n) is 3.23. The van der Waals surface area contributed by atoms with E-state index < -0.39 is 5.97 Å². The second-order valence-corrected chi connectivity index (χ2v) is 5.15. The first-order valence-corrected chi connectivity index (χ1v) is 6.65. The van der Waals surface area contributed by atoms with Gasteiger partial charge in [0.1, 0.15) is 0 Å². The molecule has 0 aliphatic heterocycles. The molecule has 0 aliphatic carbocycles. The molecular weight excluding hydrogens is 230 g/mol. The zero-order chi connectivity index (χ0) is 13.7. The van der Waals surface area contributed by atoms with E-state index in [2.05, 4.69) is 38.0 Å². The summed E-state index contributed by atoms with van der Waals surface area (Å²) in [5.74, 6) is -0.0669. The third kappa shape index (κ3) is 3.55. The van der Waals surface area contributed by atoms with E-state index in [1.807, 2.05) is 0 Å². The summed E-state index contributed by atoms with van der Waals surface area (Å²) in [5.41, 5.74) is 0.860. The lowest BCUT2D eigenvalue weighted by Gasteiger charge is -2.15. The van der Waals surface area contributed by atoms with Gasteiger partial charge in [0.25, 0.3) is 0 Å². The van der Waals surface area contributed by atoms with Crippen molar-refractivity contribution in [1.29, 1.82) is 0 Å². The van der Waals surface area contributed by atoms with Gasteiger partial charge in [0.05, 0.1) is 5.69 Å². The molecule has 0 saturated carbocycles. The normalized spacial score (nSPS) is 11.4. The minimum absolute atomic E-state index is 0.106. The molecule has 0 spiro atoms. The molecule has 1 N–H and O–H groups in total. The number of nitrogens with zero attached hydrogens (tertiary/aromatic N) is 3. The topological polar surface area (TPSA) is 68.0 Å². The van der Waals surface area contributed by atoms with Crippen LogP contribution < -0.4 is 0 Å². The average Bonchev–Trinajstić information content (AvgIpc) is 2.68. The van der Waals surface area contributed by atoms with Gasteiger partial charge in [-0.05, 0) is 18.3 Å². The molecule has 1 aromatic rings. The molecule has 0 bridgehead atoms. The largest absolute Gasteiger partial charge is 0.476 e. The van der Waals surface area contributed by atoms with Gasteiger partial charge < -0.3 is 5.11 Å². The molecule has 0 aromatic carbocycles. The molecular formula is C13H23N3O2. The molecule has 0 radical (unpaired) electrons. The van der Waals surface area contributed by atoms with Gasteiger partial charge in [0.15, 0.2) is 5.69 Å². The maximum Gasteiger partial charge on any atom is 0.358 e. The van der Waals surface area contributed by atoms with Crippen molar-refractivity contribution in [3.05, 3.63) is 11.4 Å². The van der Waals surface area contributed by atoms with Gasteiger partial charge in [-0.15, -0.1) is 5.10 Å². The number of hydrogen-bond donors (Lipinski definition) is 1. The molecule has 0 unspecified atom stereocenters. The Bertz CT molecular complexity index is 395. The van der Waals surface area contributed by atoms with Crippen LogP contribution in [0, 0.1) is 11.8 Å². The number of aromatic carboxylic acids is 1. The van der Waals surface area contributed by atoms with Crippen molar-refractivity contribution >= 4 is 5.97 Å². The van der Waals surface area contributed by atoms with E-state index in [0.717, 1.165) is 25.1 Å². The molecule has 1 rings (SSSR count). The van der Waals surface area contributed by atoms with Gasteiger partial charge in [-0.1, -0.05) is 45.7 Å². The highest BCUT2D eigenvalue weighted by molar-refractivity contribution is 5.86. The molecule has 18 heavy (non-hydrogen) atoms. The second-order valence-electron chi connectivity index (χ2n) is 5.15. The van der Waals surface area contributed by atoms with Crippen molar-refractivity contribution in [2.24, 2.45) is 11.8 Å². The van der Waals surface area contributed by atoms with Crippen LogP contribution in [0.1, 0.15) is 56.7 Å². The van der Waals surface area contributed by atoms with Crippen LogP contribution in [0.5, 0.6) is 0 Å². The predicted molar refractivity (Wildman–Crippen MR) is 69.6 cm³/mol. The minimum Gasteiger partial charge on any atom is -0.476 e. The van der Waals surface area contributed by atoms with Crippen LogP contribution in [0.3, 0.4) is 0 Å². The molecule has 0 fully saturated rings. The first kappa shape index (κ1) is 14.7. The summed E-state index contributed by atoms with van der Waals surface area (Å²) in [7, 11) is 0. The van der Waals surface area contributed by atoms with Crippen LogP contribution >= 0.6 is 0 Å². The summed E-state index contributed by atoms with van der Waals surface area (Å²) in [6.45, 7) is 9.19. The van der Waals surface area contributed by atoms with E-state index in [1.54, 1.807) is 4.68 Å². The van der Waals surface area contributed by atoms with Crippen LogP contribution in [0.2, 0.25) is 0 Å². The molecule has 5 heteroatoms. The lowest BCUT2D eigenvalue weighted by molar-refractivity contribution is 0.0689. The molecule has 0 atom stereocenters. The fraction of sp³-hybridized carbons (Fsp3) is 0.769. The maximum absolute atomic E-state index is 11.1. The number of carbonyl (C=O) groups is 1. The maximum atomic E-state index is 11.1. The Labute approximate surface area is 108 Å². The SMILES string of the molecule is CCC(CC)Cn1nnc(C(=O)O)c1CC(C)C. The predicted octanol–water partition coefficient (Wildman–Crippen LogP) is 2.61. The van der Waals surface area contributed by atoms with E-state index in [1.165, 1.54) is 0 Å². The Balaban J connectivity index is 2.99. The minimum atomic E-state index is -0.985. The Hall–Kier alpha value is -1.39. The van der Waals surface area contributed by atoms with Crippen LogP contribution in [0.25, 0.3) is 0 Å².